The van der Waals surface area contributed by atoms with Gasteiger partial charge in [-0.3, -0.25) is 18.7 Å². The van der Waals surface area contributed by atoms with E-state index in [4.69, 9.17) is 0 Å². The Kier molecular flexibility index (Phi) is 5.39. The number of carbonyl (C=O) groups excluding carboxylic acids is 1. The zero-order chi connectivity index (χ0) is 18.6. The molecule has 8 nitrogen and oxygen atoms in total. The number of benzene rings is 1. The third kappa shape index (κ3) is 3.77. The fraction of sp³-hybridized carbons (Fsp3) is 0.294. The number of nitrogens with one attached hydrogen (secondary N) is 2. The predicted octanol–water partition coefficient (Wildman–Crippen LogP) is 0.0725. The lowest BCUT2D eigenvalue weighted by Gasteiger charge is -2.18. The van der Waals surface area contributed by atoms with E-state index in [0.717, 1.165) is 14.7 Å². The van der Waals surface area contributed by atoms with Gasteiger partial charge in [0, 0.05) is 20.6 Å². The first-order chi connectivity index (χ1) is 11.9. The summed E-state index contributed by atoms with van der Waals surface area (Å²) >= 11 is 0. The van der Waals surface area contributed by atoms with E-state index < -0.39 is 17.3 Å². The molecule has 0 spiro atoms. The first-order valence-electron chi connectivity index (χ1n) is 7.65. The van der Waals surface area contributed by atoms with E-state index in [1.807, 2.05) is 30.3 Å². The van der Waals surface area contributed by atoms with Gasteiger partial charge >= 0.3 is 5.69 Å². The van der Waals surface area contributed by atoms with Crippen molar-refractivity contribution in [2.24, 2.45) is 14.1 Å². The second-order valence-electron chi connectivity index (χ2n) is 5.61. The molecule has 0 bridgehead atoms. The van der Waals surface area contributed by atoms with Crippen LogP contribution >= 0.6 is 0 Å². The first-order valence-corrected chi connectivity index (χ1v) is 7.65. The van der Waals surface area contributed by atoms with Crippen molar-refractivity contribution in [1.82, 2.24) is 14.5 Å². The van der Waals surface area contributed by atoms with Crippen molar-refractivity contribution in [3.8, 4) is 6.07 Å². The summed E-state index contributed by atoms with van der Waals surface area (Å²) in [5.74, 6) is -0.293. The van der Waals surface area contributed by atoms with Crippen molar-refractivity contribution >= 4 is 11.7 Å². The Balaban J connectivity index is 2.19. The Bertz CT molecular complexity index is 938. The monoisotopic (exact) mass is 341 g/mol. The summed E-state index contributed by atoms with van der Waals surface area (Å²) in [6, 6.07) is 10.4. The quantitative estimate of drug-likeness (QED) is 0.800. The van der Waals surface area contributed by atoms with Gasteiger partial charge in [0.25, 0.3) is 5.56 Å². The molecule has 1 unspecified atom stereocenters. The Hall–Kier alpha value is -3.34. The molecule has 0 aliphatic carbocycles. The third-order valence-electron chi connectivity index (χ3n) is 3.83. The zero-order valence-corrected chi connectivity index (χ0v) is 14.2. The molecule has 1 heterocycles. The Morgan fingerprint density at radius 3 is 2.44 bits per heavy atom. The molecule has 2 N–H and O–H groups in total. The second-order valence-corrected chi connectivity index (χ2v) is 5.61. The van der Waals surface area contributed by atoms with E-state index in [1.165, 1.54) is 14.1 Å². The molecular formula is C17H19N5O3. The number of carbonyl (C=O) groups is 1. The van der Waals surface area contributed by atoms with E-state index >= 15 is 0 Å². The summed E-state index contributed by atoms with van der Waals surface area (Å²) in [5.41, 5.74) is -0.553. The van der Waals surface area contributed by atoms with Gasteiger partial charge in [0.2, 0.25) is 5.91 Å². The normalized spacial score (nSPS) is 11.4. The van der Waals surface area contributed by atoms with Gasteiger partial charge < -0.3 is 10.6 Å². The van der Waals surface area contributed by atoms with Crippen LogP contribution in [-0.4, -0.2) is 21.1 Å². The van der Waals surface area contributed by atoms with Crippen LogP contribution in [-0.2, 0) is 25.4 Å². The summed E-state index contributed by atoms with van der Waals surface area (Å²) in [5, 5.41) is 14.8. The molecule has 0 radical (unpaired) electrons. The highest BCUT2D eigenvalue weighted by atomic mass is 16.2. The van der Waals surface area contributed by atoms with Gasteiger partial charge in [0.15, 0.2) is 5.56 Å². The average molecular weight is 341 g/mol. The van der Waals surface area contributed by atoms with Crippen molar-refractivity contribution in [1.29, 1.82) is 5.26 Å². The molecule has 130 valence electrons. The fourth-order valence-electron chi connectivity index (χ4n) is 2.32. The smallest absolute Gasteiger partial charge is 0.332 e. The topological polar surface area (TPSA) is 109 Å². The van der Waals surface area contributed by atoms with Crippen molar-refractivity contribution < 1.29 is 4.79 Å². The van der Waals surface area contributed by atoms with Gasteiger partial charge in [-0.2, -0.15) is 5.26 Å². The number of anilines is 1. The van der Waals surface area contributed by atoms with Crippen molar-refractivity contribution in [2.75, 3.05) is 5.32 Å². The summed E-state index contributed by atoms with van der Waals surface area (Å²) in [6.07, 6.45) is 0. The number of hydrogen-bond donors (Lipinski definition) is 2. The highest BCUT2D eigenvalue weighted by Gasteiger charge is 2.20. The number of amides is 1. The average Bonchev–Trinajstić information content (AvgIpc) is 2.63. The Labute approximate surface area is 144 Å². The first kappa shape index (κ1) is 18.0. The molecule has 2 rings (SSSR count). The molecule has 0 saturated carbocycles. The molecule has 2 aromatic rings. The van der Waals surface area contributed by atoms with E-state index in [0.29, 0.717) is 6.54 Å². The minimum atomic E-state index is -0.742. The zero-order valence-electron chi connectivity index (χ0n) is 14.2. The van der Waals surface area contributed by atoms with Crippen LogP contribution in [0.2, 0.25) is 0 Å². The standard InChI is InChI=1S/C17H19N5O3/c1-11(15(23)19-10-12-7-5-4-6-8-12)20-14-13(9-18)16(24)22(3)17(25)21(14)2/h4-8,11,20H,10H2,1-3H3,(H,19,23). The van der Waals surface area contributed by atoms with Crippen LogP contribution in [0.5, 0.6) is 0 Å². The van der Waals surface area contributed by atoms with Gasteiger partial charge in [-0.1, -0.05) is 30.3 Å². The molecule has 0 aliphatic heterocycles. The lowest BCUT2D eigenvalue weighted by Crippen LogP contribution is -2.43. The van der Waals surface area contributed by atoms with E-state index in [2.05, 4.69) is 10.6 Å². The molecular weight excluding hydrogens is 322 g/mol. The van der Waals surface area contributed by atoms with E-state index in [1.54, 1.807) is 13.0 Å². The lowest BCUT2D eigenvalue weighted by molar-refractivity contribution is -0.121. The number of nitrogens with zero attached hydrogens (tertiary/aromatic N) is 3. The predicted molar refractivity (Wildman–Crippen MR) is 93.0 cm³/mol. The molecule has 1 aromatic heterocycles. The van der Waals surface area contributed by atoms with Crippen LogP contribution in [0.1, 0.15) is 18.1 Å². The summed E-state index contributed by atoms with van der Waals surface area (Å²) in [7, 11) is 2.73. The SMILES string of the molecule is CC(Nc1c(C#N)c(=O)n(C)c(=O)n1C)C(=O)NCc1ccccc1. The Morgan fingerprint density at radius 2 is 1.84 bits per heavy atom. The highest BCUT2D eigenvalue weighted by Crippen LogP contribution is 2.09. The number of rotatable bonds is 5. The third-order valence-corrected chi connectivity index (χ3v) is 3.83. The van der Waals surface area contributed by atoms with Crippen molar-refractivity contribution in [3.63, 3.8) is 0 Å². The largest absolute Gasteiger partial charge is 0.359 e. The number of aromatic nitrogens is 2. The maximum absolute atomic E-state index is 12.2. The van der Waals surface area contributed by atoms with Crippen LogP contribution in [0.15, 0.2) is 39.9 Å². The molecule has 0 fully saturated rings. The summed E-state index contributed by atoms with van der Waals surface area (Å²) < 4.78 is 1.99. The molecule has 0 saturated heterocycles. The number of hydrogen-bond acceptors (Lipinski definition) is 5. The fourth-order valence-corrected chi connectivity index (χ4v) is 2.32. The van der Waals surface area contributed by atoms with Gasteiger partial charge in [0.05, 0.1) is 0 Å². The van der Waals surface area contributed by atoms with Gasteiger partial charge in [-0.25, -0.2) is 4.79 Å². The van der Waals surface area contributed by atoms with Gasteiger partial charge in [0.1, 0.15) is 17.9 Å². The minimum Gasteiger partial charge on any atom is -0.359 e. The lowest BCUT2D eigenvalue weighted by atomic mass is 10.2. The van der Waals surface area contributed by atoms with Crippen LogP contribution < -0.4 is 21.9 Å². The second kappa shape index (κ2) is 7.49. The summed E-state index contributed by atoms with van der Waals surface area (Å²) in [4.78, 5) is 36.3. The van der Waals surface area contributed by atoms with Gasteiger partial charge in [-0.05, 0) is 12.5 Å². The molecule has 1 amide bonds. The van der Waals surface area contributed by atoms with Crippen LogP contribution in [0.3, 0.4) is 0 Å². The van der Waals surface area contributed by atoms with Crippen LogP contribution in [0.25, 0.3) is 0 Å². The van der Waals surface area contributed by atoms with Crippen molar-refractivity contribution in [2.45, 2.75) is 19.5 Å². The van der Waals surface area contributed by atoms with Gasteiger partial charge in [-0.15, -0.1) is 0 Å². The van der Waals surface area contributed by atoms with E-state index in [9.17, 15) is 19.6 Å². The Morgan fingerprint density at radius 1 is 1.20 bits per heavy atom. The molecule has 1 aromatic carbocycles. The molecule has 8 heteroatoms. The van der Waals surface area contributed by atoms with E-state index in [-0.39, 0.29) is 17.3 Å². The molecule has 1 atom stereocenters. The highest BCUT2D eigenvalue weighted by molar-refractivity contribution is 5.84. The summed E-state index contributed by atoms with van der Waals surface area (Å²) in [6.45, 7) is 1.94. The molecule has 0 aliphatic rings. The molecule has 25 heavy (non-hydrogen) atoms. The van der Waals surface area contributed by atoms with Crippen LogP contribution in [0, 0.1) is 11.3 Å². The maximum atomic E-state index is 12.2. The van der Waals surface area contributed by atoms with Crippen molar-refractivity contribution in [3.05, 3.63) is 62.3 Å². The van der Waals surface area contributed by atoms with Crippen LogP contribution in [0.4, 0.5) is 5.82 Å². The maximum Gasteiger partial charge on any atom is 0.332 e. The number of nitriles is 1. The minimum absolute atomic E-state index is 0.0259.